The Balaban J connectivity index is 2.29. The summed E-state index contributed by atoms with van der Waals surface area (Å²) in [6, 6.07) is 2.49. The molecule has 0 aromatic heterocycles. The standard InChI is InChI=1S/C13H15F2NO3S/c1-9(17)10-3-2-6-16(8-10)20(18,19)11-4-5-12(14)13(15)7-11/h4-5,7,10H,2-3,6,8H2,1H3. The van der Waals surface area contributed by atoms with Gasteiger partial charge in [0.05, 0.1) is 4.90 Å². The molecule has 1 aliphatic heterocycles. The van der Waals surface area contributed by atoms with Crippen LogP contribution in [0, 0.1) is 17.6 Å². The van der Waals surface area contributed by atoms with E-state index in [1.54, 1.807) is 0 Å². The second-order valence-electron chi connectivity index (χ2n) is 4.89. The number of carbonyl (C=O) groups is 1. The Morgan fingerprint density at radius 3 is 2.60 bits per heavy atom. The number of hydrogen-bond acceptors (Lipinski definition) is 3. The number of benzene rings is 1. The number of sulfonamides is 1. The molecule has 1 aromatic carbocycles. The van der Waals surface area contributed by atoms with Crippen molar-refractivity contribution in [3.63, 3.8) is 0 Å². The molecule has 7 heteroatoms. The second-order valence-corrected chi connectivity index (χ2v) is 6.83. The lowest BCUT2D eigenvalue weighted by molar-refractivity contribution is -0.121. The highest BCUT2D eigenvalue weighted by Crippen LogP contribution is 2.25. The Hall–Kier alpha value is -1.34. The Labute approximate surface area is 116 Å². The molecule has 1 unspecified atom stereocenters. The van der Waals surface area contributed by atoms with E-state index in [4.69, 9.17) is 0 Å². The van der Waals surface area contributed by atoms with E-state index in [0.717, 1.165) is 16.4 Å². The first-order chi connectivity index (χ1) is 9.32. The Bertz CT molecular complexity index is 631. The van der Waals surface area contributed by atoms with Gasteiger partial charge in [0.15, 0.2) is 11.6 Å². The van der Waals surface area contributed by atoms with Crippen molar-refractivity contribution >= 4 is 15.8 Å². The maximum absolute atomic E-state index is 13.2. The average Bonchev–Trinajstić information content (AvgIpc) is 2.42. The zero-order chi connectivity index (χ0) is 14.9. The van der Waals surface area contributed by atoms with Crippen LogP contribution in [0.2, 0.25) is 0 Å². The van der Waals surface area contributed by atoms with Gasteiger partial charge in [0.1, 0.15) is 5.78 Å². The molecule has 0 amide bonds. The molecule has 20 heavy (non-hydrogen) atoms. The lowest BCUT2D eigenvalue weighted by atomic mass is 9.96. The smallest absolute Gasteiger partial charge is 0.243 e. The molecule has 0 N–H and O–H groups in total. The van der Waals surface area contributed by atoms with Crippen LogP contribution in [-0.2, 0) is 14.8 Å². The van der Waals surface area contributed by atoms with Crippen molar-refractivity contribution in [2.24, 2.45) is 5.92 Å². The van der Waals surface area contributed by atoms with Gasteiger partial charge in [0.25, 0.3) is 0 Å². The van der Waals surface area contributed by atoms with Crippen molar-refractivity contribution in [2.45, 2.75) is 24.7 Å². The van der Waals surface area contributed by atoms with Gasteiger partial charge in [0.2, 0.25) is 10.0 Å². The molecule has 0 aliphatic carbocycles. The first-order valence-corrected chi connectivity index (χ1v) is 7.72. The van der Waals surface area contributed by atoms with Gasteiger partial charge < -0.3 is 0 Å². The summed E-state index contributed by atoms with van der Waals surface area (Å²) in [6.07, 6.45) is 1.23. The van der Waals surface area contributed by atoms with Crippen LogP contribution < -0.4 is 0 Å². The maximum atomic E-state index is 13.2. The lowest BCUT2D eigenvalue weighted by Crippen LogP contribution is -2.41. The fourth-order valence-corrected chi connectivity index (χ4v) is 3.82. The van der Waals surface area contributed by atoms with E-state index in [0.29, 0.717) is 18.9 Å². The number of rotatable bonds is 3. The molecule has 1 heterocycles. The van der Waals surface area contributed by atoms with E-state index >= 15 is 0 Å². The van der Waals surface area contributed by atoms with Crippen LogP contribution in [0.1, 0.15) is 19.8 Å². The molecule has 0 saturated carbocycles. The van der Waals surface area contributed by atoms with Crippen LogP contribution >= 0.6 is 0 Å². The van der Waals surface area contributed by atoms with Gasteiger partial charge >= 0.3 is 0 Å². The van der Waals surface area contributed by atoms with Gasteiger partial charge in [-0.25, -0.2) is 17.2 Å². The zero-order valence-corrected chi connectivity index (χ0v) is 11.8. The Morgan fingerprint density at radius 2 is 2.00 bits per heavy atom. The SMILES string of the molecule is CC(=O)C1CCCN(S(=O)(=O)c2ccc(F)c(F)c2)C1. The van der Waals surface area contributed by atoms with E-state index in [9.17, 15) is 22.0 Å². The first-order valence-electron chi connectivity index (χ1n) is 6.28. The molecule has 0 spiro atoms. The third kappa shape index (κ3) is 2.88. The molecule has 110 valence electrons. The zero-order valence-electron chi connectivity index (χ0n) is 11.0. The summed E-state index contributed by atoms with van der Waals surface area (Å²) >= 11 is 0. The topological polar surface area (TPSA) is 54.5 Å². The third-order valence-electron chi connectivity index (χ3n) is 3.49. The predicted octanol–water partition coefficient (Wildman–Crippen LogP) is 1.95. The van der Waals surface area contributed by atoms with Crippen molar-refractivity contribution in [3.8, 4) is 0 Å². The minimum absolute atomic E-state index is 0.0600. The number of ketones is 1. The number of nitrogens with zero attached hydrogens (tertiary/aromatic N) is 1. The summed E-state index contributed by atoms with van der Waals surface area (Å²) < 4.78 is 51.9. The van der Waals surface area contributed by atoms with Crippen LogP contribution in [0.4, 0.5) is 8.78 Å². The van der Waals surface area contributed by atoms with Crippen molar-refractivity contribution in [1.29, 1.82) is 0 Å². The second kappa shape index (κ2) is 5.57. The van der Waals surface area contributed by atoms with Crippen molar-refractivity contribution in [3.05, 3.63) is 29.8 Å². The van der Waals surface area contributed by atoms with Crippen molar-refractivity contribution < 1.29 is 22.0 Å². The predicted molar refractivity (Wildman–Crippen MR) is 68.5 cm³/mol. The van der Waals surface area contributed by atoms with E-state index < -0.39 is 21.7 Å². The Morgan fingerprint density at radius 1 is 1.30 bits per heavy atom. The van der Waals surface area contributed by atoms with E-state index in [2.05, 4.69) is 0 Å². The van der Waals surface area contributed by atoms with Crippen molar-refractivity contribution in [1.82, 2.24) is 4.31 Å². The summed E-state index contributed by atoms with van der Waals surface area (Å²) in [6.45, 7) is 1.81. The number of piperidine rings is 1. The largest absolute Gasteiger partial charge is 0.300 e. The van der Waals surface area contributed by atoms with Gasteiger partial charge in [0, 0.05) is 19.0 Å². The normalized spacial score (nSPS) is 20.9. The molecule has 1 saturated heterocycles. The van der Waals surface area contributed by atoms with Crippen LogP contribution in [0.15, 0.2) is 23.1 Å². The fraction of sp³-hybridized carbons (Fsp3) is 0.462. The first kappa shape index (κ1) is 15.1. The quantitative estimate of drug-likeness (QED) is 0.857. The van der Waals surface area contributed by atoms with Crippen LogP contribution in [-0.4, -0.2) is 31.6 Å². The minimum Gasteiger partial charge on any atom is -0.300 e. The highest BCUT2D eigenvalue weighted by molar-refractivity contribution is 7.89. The highest BCUT2D eigenvalue weighted by atomic mass is 32.2. The summed E-state index contributed by atoms with van der Waals surface area (Å²) in [5.74, 6) is -2.69. The summed E-state index contributed by atoms with van der Waals surface area (Å²) in [7, 11) is -3.89. The molecule has 2 rings (SSSR count). The average molecular weight is 303 g/mol. The molecule has 0 radical (unpaired) electrons. The fourth-order valence-electron chi connectivity index (χ4n) is 2.28. The van der Waals surface area contributed by atoms with Crippen LogP contribution in [0.3, 0.4) is 0 Å². The monoisotopic (exact) mass is 303 g/mol. The number of halogens is 2. The van der Waals surface area contributed by atoms with Crippen LogP contribution in [0.25, 0.3) is 0 Å². The lowest BCUT2D eigenvalue weighted by Gasteiger charge is -2.30. The minimum atomic E-state index is -3.89. The Kier molecular flexibility index (Phi) is 4.19. The molecule has 1 atom stereocenters. The molecular weight excluding hydrogens is 288 g/mol. The van der Waals surface area contributed by atoms with Gasteiger partial charge in [-0.3, -0.25) is 4.79 Å². The third-order valence-corrected chi connectivity index (χ3v) is 5.35. The van der Waals surface area contributed by atoms with Gasteiger partial charge in [-0.15, -0.1) is 0 Å². The van der Waals surface area contributed by atoms with Crippen molar-refractivity contribution in [2.75, 3.05) is 13.1 Å². The molecule has 0 bridgehead atoms. The summed E-state index contributed by atoms with van der Waals surface area (Å²) in [5, 5.41) is 0. The molecule has 1 fully saturated rings. The van der Waals surface area contributed by atoms with E-state index in [-0.39, 0.29) is 29.7 Å². The number of Topliss-reactive ketones (excluding diaryl/α,β-unsaturated/α-hetero) is 1. The number of hydrogen-bond donors (Lipinski definition) is 0. The van der Waals surface area contributed by atoms with Crippen LogP contribution in [0.5, 0.6) is 0 Å². The molecule has 1 aromatic rings. The van der Waals surface area contributed by atoms with E-state index in [1.165, 1.54) is 6.92 Å². The molecule has 4 nitrogen and oxygen atoms in total. The highest BCUT2D eigenvalue weighted by Gasteiger charge is 2.32. The maximum Gasteiger partial charge on any atom is 0.243 e. The van der Waals surface area contributed by atoms with E-state index in [1.807, 2.05) is 0 Å². The van der Waals surface area contributed by atoms with Gasteiger partial charge in [-0.05, 0) is 38.0 Å². The number of carbonyl (C=O) groups excluding carboxylic acids is 1. The molecular formula is C13H15F2NO3S. The van der Waals surface area contributed by atoms with Gasteiger partial charge in [-0.2, -0.15) is 4.31 Å². The van der Waals surface area contributed by atoms with Gasteiger partial charge in [-0.1, -0.05) is 0 Å². The summed E-state index contributed by atoms with van der Waals surface area (Å²) in [4.78, 5) is 11.1. The summed E-state index contributed by atoms with van der Waals surface area (Å²) in [5.41, 5.74) is 0. The molecule has 1 aliphatic rings.